The number of nitro groups is 1. The summed E-state index contributed by atoms with van der Waals surface area (Å²) in [5, 5.41) is 14.0. The minimum absolute atomic E-state index is 0.102. The molecule has 1 aromatic rings. The van der Waals surface area contributed by atoms with Crippen LogP contribution < -0.4 is 14.8 Å². The fourth-order valence-corrected chi connectivity index (χ4v) is 2.34. The number of benzene rings is 1. The molecule has 1 unspecified atom stereocenters. The molecule has 22 heavy (non-hydrogen) atoms. The SMILES string of the molecule is COc1cc(OCC(=O)N2CCNCC2C)ccc1[N+](=O)[O-]. The standard InChI is InChI=1S/C14H19N3O5/c1-10-8-15-5-6-16(10)14(18)9-22-11-3-4-12(17(19)20)13(7-11)21-2/h3-4,7,10,15H,5-6,8-9H2,1-2H3. The summed E-state index contributed by atoms with van der Waals surface area (Å²) in [6, 6.07) is 4.28. The Labute approximate surface area is 128 Å². The number of carbonyl (C=O) groups excluding carboxylic acids is 1. The average molecular weight is 309 g/mol. The third kappa shape index (κ3) is 3.64. The molecule has 120 valence electrons. The molecule has 0 aromatic heterocycles. The van der Waals surface area contributed by atoms with Crippen molar-refractivity contribution in [2.24, 2.45) is 0 Å². The number of piperazine rings is 1. The van der Waals surface area contributed by atoms with Crippen LogP contribution >= 0.6 is 0 Å². The van der Waals surface area contributed by atoms with Crippen molar-refractivity contribution in [3.05, 3.63) is 28.3 Å². The van der Waals surface area contributed by atoms with E-state index >= 15 is 0 Å². The number of ether oxygens (including phenoxy) is 2. The average Bonchev–Trinajstić information content (AvgIpc) is 2.52. The molecule has 0 saturated carbocycles. The number of hydrogen-bond acceptors (Lipinski definition) is 6. The molecule has 0 radical (unpaired) electrons. The van der Waals surface area contributed by atoms with Gasteiger partial charge >= 0.3 is 5.69 Å². The van der Waals surface area contributed by atoms with Crippen LogP contribution in [0.3, 0.4) is 0 Å². The van der Waals surface area contributed by atoms with Gasteiger partial charge in [-0.1, -0.05) is 0 Å². The maximum Gasteiger partial charge on any atom is 0.311 e. The number of methoxy groups -OCH3 is 1. The van der Waals surface area contributed by atoms with E-state index in [0.29, 0.717) is 12.3 Å². The Morgan fingerprint density at radius 3 is 2.95 bits per heavy atom. The number of nitrogens with zero attached hydrogens (tertiary/aromatic N) is 2. The minimum Gasteiger partial charge on any atom is -0.490 e. The molecule has 1 heterocycles. The molecule has 1 fully saturated rings. The first kappa shape index (κ1) is 16.0. The highest BCUT2D eigenvalue weighted by Gasteiger charge is 2.23. The number of nitrogens with one attached hydrogen (secondary N) is 1. The molecule has 8 nitrogen and oxygen atoms in total. The van der Waals surface area contributed by atoms with Gasteiger partial charge in [0.2, 0.25) is 5.75 Å². The van der Waals surface area contributed by atoms with E-state index in [0.717, 1.165) is 13.1 Å². The van der Waals surface area contributed by atoms with Gasteiger partial charge in [0.15, 0.2) is 6.61 Å². The predicted octanol–water partition coefficient (Wildman–Crippen LogP) is 0.803. The third-order valence-electron chi connectivity index (χ3n) is 3.53. The Morgan fingerprint density at radius 2 is 2.32 bits per heavy atom. The van der Waals surface area contributed by atoms with Crippen LogP contribution in [0, 0.1) is 10.1 Å². The van der Waals surface area contributed by atoms with Crippen LogP contribution in [-0.2, 0) is 4.79 Å². The lowest BCUT2D eigenvalue weighted by molar-refractivity contribution is -0.385. The number of carbonyl (C=O) groups is 1. The van der Waals surface area contributed by atoms with E-state index in [1.54, 1.807) is 4.90 Å². The van der Waals surface area contributed by atoms with Crippen LogP contribution in [0.2, 0.25) is 0 Å². The molecule has 1 saturated heterocycles. The molecule has 1 aliphatic rings. The molecule has 0 spiro atoms. The highest BCUT2D eigenvalue weighted by Crippen LogP contribution is 2.30. The minimum atomic E-state index is -0.532. The van der Waals surface area contributed by atoms with Gasteiger partial charge in [0, 0.05) is 37.8 Å². The number of nitro benzene ring substituents is 1. The van der Waals surface area contributed by atoms with Crippen molar-refractivity contribution in [1.82, 2.24) is 10.2 Å². The molecule has 1 N–H and O–H groups in total. The summed E-state index contributed by atoms with van der Waals surface area (Å²) < 4.78 is 10.4. The summed E-state index contributed by atoms with van der Waals surface area (Å²) in [7, 11) is 1.35. The van der Waals surface area contributed by atoms with Gasteiger partial charge in [-0.15, -0.1) is 0 Å². The summed E-state index contributed by atoms with van der Waals surface area (Å²) in [5.41, 5.74) is -0.142. The summed E-state index contributed by atoms with van der Waals surface area (Å²) in [6.45, 7) is 4.04. The highest BCUT2D eigenvalue weighted by molar-refractivity contribution is 5.78. The molecule has 0 aliphatic carbocycles. The van der Waals surface area contributed by atoms with Crippen molar-refractivity contribution in [1.29, 1.82) is 0 Å². The first-order chi connectivity index (χ1) is 10.5. The van der Waals surface area contributed by atoms with Gasteiger partial charge < -0.3 is 19.7 Å². The maximum absolute atomic E-state index is 12.1. The summed E-state index contributed by atoms with van der Waals surface area (Å²) in [4.78, 5) is 24.2. The van der Waals surface area contributed by atoms with Crippen LogP contribution in [0.4, 0.5) is 5.69 Å². The first-order valence-corrected chi connectivity index (χ1v) is 6.98. The van der Waals surface area contributed by atoms with Crippen molar-refractivity contribution < 1.29 is 19.2 Å². The van der Waals surface area contributed by atoms with Gasteiger partial charge in [0.05, 0.1) is 12.0 Å². The number of hydrogen-bond donors (Lipinski definition) is 1. The fourth-order valence-electron chi connectivity index (χ4n) is 2.34. The predicted molar refractivity (Wildman–Crippen MR) is 79.2 cm³/mol. The summed E-state index contributed by atoms with van der Waals surface area (Å²) >= 11 is 0. The maximum atomic E-state index is 12.1. The molecular formula is C14H19N3O5. The van der Waals surface area contributed by atoms with Crippen molar-refractivity contribution in [2.75, 3.05) is 33.4 Å². The fraction of sp³-hybridized carbons (Fsp3) is 0.500. The van der Waals surface area contributed by atoms with E-state index in [2.05, 4.69) is 5.32 Å². The zero-order valence-corrected chi connectivity index (χ0v) is 12.6. The summed E-state index contributed by atoms with van der Waals surface area (Å²) in [5.74, 6) is 0.357. The van der Waals surface area contributed by atoms with Gasteiger partial charge in [0.25, 0.3) is 5.91 Å². The second kappa shape index (κ2) is 7.08. The number of amides is 1. The Balaban J connectivity index is 1.99. The van der Waals surface area contributed by atoms with Gasteiger partial charge in [-0.2, -0.15) is 0 Å². The van der Waals surface area contributed by atoms with E-state index < -0.39 is 4.92 Å². The van der Waals surface area contributed by atoms with Crippen molar-refractivity contribution in [3.8, 4) is 11.5 Å². The Hall–Kier alpha value is -2.35. The lowest BCUT2D eigenvalue weighted by Gasteiger charge is -2.33. The lowest BCUT2D eigenvalue weighted by atomic mass is 10.2. The van der Waals surface area contributed by atoms with Crippen LogP contribution in [0.25, 0.3) is 0 Å². The Kier molecular flexibility index (Phi) is 5.16. The van der Waals surface area contributed by atoms with Crippen LogP contribution in [-0.4, -0.2) is 55.1 Å². The summed E-state index contributed by atoms with van der Waals surface area (Å²) in [6.07, 6.45) is 0. The lowest BCUT2D eigenvalue weighted by Crippen LogP contribution is -2.53. The molecule has 1 amide bonds. The van der Waals surface area contributed by atoms with E-state index in [1.807, 2.05) is 6.92 Å². The smallest absolute Gasteiger partial charge is 0.311 e. The van der Waals surface area contributed by atoms with Gasteiger partial charge in [0.1, 0.15) is 5.75 Å². The normalized spacial score (nSPS) is 17.9. The third-order valence-corrected chi connectivity index (χ3v) is 3.53. The largest absolute Gasteiger partial charge is 0.490 e. The second-order valence-electron chi connectivity index (χ2n) is 5.02. The van der Waals surface area contributed by atoms with Gasteiger partial charge in [-0.25, -0.2) is 0 Å². The van der Waals surface area contributed by atoms with Crippen molar-refractivity contribution in [3.63, 3.8) is 0 Å². The highest BCUT2D eigenvalue weighted by atomic mass is 16.6. The van der Waals surface area contributed by atoms with E-state index in [9.17, 15) is 14.9 Å². The number of rotatable bonds is 5. The topological polar surface area (TPSA) is 93.9 Å². The van der Waals surface area contributed by atoms with Crippen LogP contribution in [0.5, 0.6) is 11.5 Å². The monoisotopic (exact) mass is 309 g/mol. The van der Waals surface area contributed by atoms with Crippen molar-refractivity contribution in [2.45, 2.75) is 13.0 Å². The molecule has 1 atom stereocenters. The molecule has 8 heteroatoms. The van der Waals surface area contributed by atoms with Gasteiger partial charge in [-0.3, -0.25) is 14.9 Å². The van der Waals surface area contributed by atoms with Crippen LogP contribution in [0.15, 0.2) is 18.2 Å². The van der Waals surface area contributed by atoms with Crippen molar-refractivity contribution >= 4 is 11.6 Å². The molecular weight excluding hydrogens is 290 g/mol. The van der Waals surface area contributed by atoms with Crippen LogP contribution in [0.1, 0.15) is 6.92 Å². The van der Waals surface area contributed by atoms with E-state index in [4.69, 9.17) is 9.47 Å². The quantitative estimate of drug-likeness (QED) is 0.639. The van der Waals surface area contributed by atoms with Gasteiger partial charge in [-0.05, 0) is 13.0 Å². The molecule has 0 bridgehead atoms. The molecule has 1 aliphatic heterocycles. The molecule has 1 aromatic carbocycles. The Morgan fingerprint density at radius 1 is 1.55 bits per heavy atom. The zero-order valence-electron chi connectivity index (χ0n) is 12.6. The van der Waals surface area contributed by atoms with E-state index in [-0.39, 0.29) is 30.0 Å². The molecule has 2 rings (SSSR count). The Bertz CT molecular complexity index is 563. The first-order valence-electron chi connectivity index (χ1n) is 6.98. The zero-order chi connectivity index (χ0) is 16.1. The van der Waals surface area contributed by atoms with E-state index in [1.165, 1.54) is 25.3 Å². The second-order valence-corrected chi connectivity index (χ2v) is 5.02.